The number of carbonyl (C=O) groups is 1. The highest BCUT2D eigenvalue weighted by Crippen LogP contribution is 2.31. The molecule has 2 heterocycles. The number of rotatable bonds is 6. The molecule has 1 amide bonds. The maximum Gasteiger partial charge on any atom is 0.291 e. The van der Waals surface area contributed by atoms with Crippen LogP contribution >= 0.6 is 11.6 Å². The number of nitrogens with zero attached hydrogens (tertiary/aromatic N) is 2. The van der Waals surface area contributed by atoms with E-state index in [1.54, 1.807) is 48.5 Å². The summed E-state index contributed by atoms with van der Waals surface area (Å²) in [5.74, 6) is 0.447. The fourth-order valence-electron chi connectivity index (χ4n) is 3.51. The molecule has 10 heteroatoms. The molecule has 1 N–H and O–H groups in total. The van der Waals surface area contributed by atoms with Crippen molar-refractivity contribution >= 4 is 38.9 Å². The molecule has 0 spiro atoms. The molecule has 0 saturated carbocycles. The standard InChI is InChI=1S/C22H22ClN3O5S/c1-30-17-5-7-18(8-6-17)32(28,29)26-12-10-25(11-13-26)20-9-4-16(15-19(20)23)24-22(27)21-3-2-14-31-21/h2-9,14-15H,10-13H2,1H3,(H,24,27). The summed E-state index contributed by atoms with van der Waals surface area (Å²) in [4.78, 5) is 14.4. The molecule has 32 heavy (non-hydrogen) atoms. The molecule has 1 fully saturated rings. The van der Waals surface area contributed by atoms with E-state index >= 15 is 0 Å². The quantitative estimate of drug-likeness (QED) is 0.584. The van der Waals surface area contributed by atoms with Gasteiger partial charge in [0.15, 0.2) is 5.76 Å². The number of carbonyl (C=O) groups excluding carboxylic acids is 1. The van der Waals surface area contributed by atoms with Crippen LogP contribution in [0.3, 0.4) is 0 Å². The van der Waals surface area contributed by atoms with Gasteiger partial charge in [-0.15, -0.1) is 0 Å². The molecule has 1 aliphatic heterocycles. The summed E-state index contributed by atoms with van der Waals surface area (Å²) in [5.41, 5.74) is 1.32. The SMILES string of the molecule is COc1ccc(S(=O)(=O)N2CCN(c3ccc(NC(=O)c4ccco4)cc3Cl)CC2)cc1. The molecule has 1 aromatic heterocycles. The molecule has 4 rings (SSSR count). The molecule has 1 aliphatic rings. The van der Waals surface area contributed by atoms with Crippen LogP contribution in [0, 0.1) is 0 Å². The number of hydrogen-bond donors (Lipinski definition) is 1. The van der Waals surface area contributed by atoms with Gasteiger partial charge in [-0.2, -0.15) is 4.31 Å². The first-order chi connectivity index (χ1) is 15.4. The summed E-state index contributed by atoms with van der Waals surface area (Å²) in [7, 11) is -2.05. The largest absolute Gasteiger partial charge is 0.497 e. The number of ether oxygens (including phenoxy) is 1. The molecule has 168 valence electrons. The van der Waals surface area contributed by atoms with E-state index in [4.69, 9.17) is 20.8 Å². The summed E-state index contributed by atoms with van der Waals surface area (Å²) >= 11 is 6.46. The zero-order valence-corrected chi connectivity index (χ0v) is 18.9. The van der Waals surface area contributed by atoms with E-state index in [0.717, 1.165) is 5.69 Å². The van der Waals surface area contributed by atoms with Gasteiger partial charge in [0, 0.05) is 31.9 Å². The van der Waals surface area contributed by atoms with Gasteiger partial charge in [0.1, 0.15) is 5.75 Å². The second kappa shape index (κ2) is 9.23. The van der Waals surface area contributed by atoms with Crippen LogP contribution in [-0.2, 0) is 10.0 Å². The third-order valence-corrected chi connectivity index (χ3v) is 7.44. The average molecular weight is 476 g/mol. The number of sulfonamides is 1. The molecular formula is C22H22ClN3O5S. The van der Waals surface area contributed by atoms with Crippen LogP contribution in [0.1, 0.15) is 10.6 Å². The Morgan fingerprint density at radius 3 is 2.38 bits per heavy atom. The van der Waals surface area contributed by atoms with E-state index in [-0.39, 0.29) is 16.6 Å². The van der Waals surface area contributed by atoms with Crippen molar-refractivity contribution in [2.45, 2.75) is 4.90 Å². The third-order valence-electron chi connectivity index (χ3n) is 5.23. The Hall–Kier alpha value is -3.01. The normalized spacial score (nSPS) is 14.9. The predicted molar refractivity (Wildman–Crippen MR) is 122 cm³/mol. The van der Waals surface area contributed by atoms with Crippen LogP contribution in [0.15, 0.2) is 70.2 Å². The molecule has 0 atom stereocenters. The molecule has 0 aliphatic carbocycles. The highest BCUT2D eigenvalue weighted by molar-refractivity contribution is 7.89. The minimum absolute atomic E-state index is 0.208. The molecule has 1 saturated heterocycles. The summed E-state index contributed by atoms with van der Waals surface area (Å²) in [6.07, 6.45) is 1.43. The summed E-state index contributed by atoms with van der Waals surface area (Å²) in [6.45, 7) is 1.66. The Kier molecular flexibility index (Phi) is 6.40. The summed E-state index contributed by atoms with van der Waals surface area (Å²) < 4.78 is 37.5. The highest BCUT2D eigenvalue weighted by Gasteiger charge is 2.29. The number of amides is 1. The van der Waals surface area contributed by atoms with Crippen molar-refractivity contribution < 1.29 is 22.4 Å². The highest BCUT2D eigenvalue weighted by atomic mass is 35.5. The maximum atomic E-state index is 12.9. The van der Waals surface area contributed by atoms with E-state index in [2.05, 4.69) is 5.32 Å². The first-order valence-electron chi connectivity index (χ1n) is 9.92. The lowest BCUT2D eigenvalue weighted by Crippen LogP contribution is -2.48. The van der Waals surface area contributed by atoms with Crippen molar-refractivity contribution in [2.24, 2.45) is 0 Å². The van der Waals surface area contributed by atoms with E-state index in [1.807, 2.05) is 11.0 Å². The lowest BCUT2D eigenvalue weighted by atomic mass is 10.2. The van der Waals surface area contributed by atoms with Gasteiger partial charge in [0.2, 0.25) is 10.0 Å². The molecule has 0 unspecified atom stereocenters. The second-order valence-corrected chi connectivity index (χ2v) is 9.51. The zero-order chi connectivity index (χ0) is 22.7. The van der Waals surface area contributed by atoms with Crippen LogP contribution in [-0.4, -0.2) is 51.9 Å². The summed E-state index contributed by atoms with van der Waals surface area (Å²) in [5, 5.41) is 3.20. The van der Waals surface area contributed by atoms with E-state index < -0.39 is 10.0 Å². The number of furan rings is 1. The van der Waals surface area contributed by atoms with Crippen molar-refractivity contribution in [3.05, 3.63) is 71.6 Å². The zero-order valence-electron chi connectivity index (χ0n) is 17.3. The van der Waals surface area contributed by atoms with Gasteiger partial charge in [0.25, 0.3) is 5.91 Å². The topological polar surface area (TPSA) is 92.1 Å². The lowest BCUT2D eigenvalue weighted by Gasteiger charge is -2.35. The third kappa shape index (κ3) is 4.59. The van der Waals surface area contributed by atoms with Crippen LogP contribution in [0.25, 0.3) is 0 Å². The molecule has 0 bridgehead atoms. The van der Waals surface area contributed by atoms with Gasteiger partial charge in [-0.3, -0.25) is 4.79 Å². The van der Waals surface area contributed by atoms with Gasteiger partial charge in [-0.25, -0.2) is 8.42 Å². The first kappa shape index (κ1) is 22.2. The average Bonchev–Trinajstić information content (AvgIpc) is 3.35. The molecular weight excluding hydrogens is 454 g/mol. The number of piperazine rings is 1. The Morgan fingerprint density at radius 1 is 1.06 bits per heavy atom. The summed E-state index contributed by atoms with van der Waals surface area (Å²) in [6, 6.07) is 14.8. The number of methoxy groups -OCH3 is 1. The van der Waals surface area contributed by atoms with E-state index in [1.165, 1.54) is 17.7 Å². The number of nitrogens with one attached hydrogen (secondary N) is 1. The minimum atomic E-state index is -3.58. The minimum Gasteiger partial charge on any atom is -0.497 e. The molecule has 2 aromatic carbocycles. The predicted octanol–water partition coefficient (Wildman–Crippen LogP) is 3.70. The second-order valence-electron chi connectivity index (χ2n) is 7.16. The van der Waals surface area contributed by atoms with E-state index in [0.29, 0.717) is 42.6 Å². The number of halogens is 1. The Morgan fingerprint density at radius 2 is 1.78 bits per heavy atom. The first-order valence-corrected chi connectivity index (χ1v) is 11.7. The van der Waals surface area contributed by atoms with Gasteiger partial charge >= 0.3 is 0 Å². The van der Waals surface area contributed by atoms with Gasteiger partial charge in [-0.1, -0.05) is 11.6 Å². The van der Waals surface area contributed by atoms with Crippen LogP contribution < -0.4 is 15.0 Å². The van der Waals surface area contributed by atoms with Crippen molar-refractivity contribution in [1.82, 2.24) is 4.31 Å². The van der Waals surface area contributed by atoms with Gasteiger partial charge in [0.05, 0.1) is 29.0 Å². The number of benzene rings is 2. The number of anilines is 2. The van der Waals surface area contributed by atoms with Gasteiger partial charge < -0.3 is 19.4 Å². The fraction of sp³-hybridized carbons (Fsp3) is 0.227. The van der Waals surface area contributed by atoms with Gasteiger partial charge in [-0.05, 0) is 54.6 Å². The number of hydrogen-bond acceptors (Lipinski definition) is 6. The molecule has 8 nitrogen and oxygen atoms in total. The Labute approximate surface area is 191 Å². The van der Waals surface area contributed by atoms with Crippen LogP contribution in [0.5, 0.6) is 5.75 Å². The van der Waals surface area contributed by atoms with Crippen molar-refractivity contribution in [3.63, 3.8) is 0 Å². The lowest BCUT2D eigenvalue weighted by molar-refractivity contribution is 0.0996. The maximum absolute atomic E-state index is 12.9. The van der Waals surface area contributed by atoms with Crippen LogP contribution in [0.2, 0.25) is 5.02 Å². The molecule has 0 radical (unpaired) electrons. The fourth-order valence-corrected chi connectivity index (χ4v) is 5.23. The van der Waals surface area contributed by atoms with Crippen molar-refractivity contribution in [2.75, 3.05) is 43.5 Å². The van der Waals surface area contributed by atoms with Crippen molar-refractivity contribution in [3.8, 4) is 5.75 Å². The smallest absolute Gasteiger partial charge is 0.291 e. The van der Waals surface area contributed by atoms with Crippen molar-refractivity contribution in [1.29, 1.82) is 0 Å². The monoisotopic (exact) mass is 475 g/mol. The Bertz CT molecular complexity index is 1190. The molecule has 3 aromatic rings. The van der Waals surface area contributed by atoms with E-state index in [9.17, 15) is 13.2 Å². The van der Waals surface area contributed by atoms with Crippen LogP contribution in [0.4, 0.5) is 11.4 Å². The Balaban J connectivity index is 1.40.